The summed E-state index contributed by atoms with van der Waals surface area (Å²) in [6, 6.07) is 15.7. The molecule has 3 aromatic rings. The summed E-state index contributed by atoms with van der Waals surface area (Å²) < 4.78 is 26.7. The number of Topliss-reactive ketones (excluding diaryl/α,β-unsaturated/α-hetero) is 1. The average molecular weight is 478 g/mol. The molecular weight excluding hydrogens is 449 g/mol. The van der Waals surface area contributed by atoms with Crippen LogP contribution in [0, 0.1) is 11.7 Å². The molecule has 0 spiro atoms. The largest absolute Gasteiger partial charge is 0.508 e. The molecule has 0 saturated carbocycles. The second-order valence-corrected chi connectivity index (χ2v) is 9.38. The average Bonchev–Trinajstić information content (AvgIpc) is 3.24. The van der Waals surface area contributed by atoms with Crippen molar-refractivity contribution in [2.45, 2.75) is 25.4 Å². The van der Waals surface area contributed by atoms with Gasteiger partial charge in [-0.1, -0.05) is 31.2 Å². The first-order valence-corrected chi connectivity index (χ1v) is 11.9. The molecule has 2 unspecified atom stereocenters. The number of halogens is 1. The van der Waals surface area contributed by atoms with Gasteiger partial charge in [0.1, 0.15) is 41.5 Å². The maximum Gasteiger partial charge on any atom is 0.181 e. The van der Waals surface area contributed by atoms with Crippen LogP contribution in [0.1, 0.15) is 46.9 Å². The molecule has 3 atom stereocenters. The number of benzene rings is 3. The topological polar surface area (TPSA) is 79.2 Å². The molecule has 0 aliphatic carbocycles. The fourth-order valence-electron chi connectivity index (χ4n) is 4.94. The second kappa shape index (κ2) is 9.58. The maximum absolute atomic E-state index is 14.6. The first-order chi connectivity index (χ1) is 16.9. The molecule has 182 valence electrons. The van der Waals surface area contributed by atoms with Gasteiger partial charge in [-0.2, -0.15) is 0 Å². The van der Waals surface area contributed by atoms with Gasteiger partial charge >= 0.3 is 0 Å². The Hall–Kier alpha value is -3.58. The van der Waals surface area contributed by atoms with Crippen LogP contribution in [0.15, 0.2) is 60.7 Å². The Morgan fingerprint density at radius 3 is 2.43 bits per heavy atom. The number of nitrogens with zero attached hydrogens (tertiary/aromatic N) is 1. The zero-order valence-electron chi connectivity index (χ0n) is 19.5. The summed E-state index contributed by atoms with van der Waals surface area (Å²) in [4.78, 5) is 15.9. The highest BCUT2D eigenvalue weighted by Crippen LogP contribution is 2.46. The van der Waals surface area contributed by atoms with Crippen LogP contribution in [0.3, 0.4) is 0 Å². The SMILES string of the molecule is C[C@@H]1CCN(CCOc2ccc(C3Oc4cc(O)cc(F)c4C(=O)C3c3ccc(O)cc3)cc2)C1. The van der Waals surface area contributed by atoms with E-state index in [0.717, 1.165) is 31.6 Å². The van der Waals surface area contributed by atoms with Crippen molar-refractivity contribution in [2.24, 2.45) is 5.92 Å². The number of aromatic hydroxyl groups is 2. The van der Waals surface area contributed by atoms with Gasteiger partial charge in [0, 0.05) is 25.2 Å². The Morgan fingerprint density at radius 2 is 1.74 bits per heavy atom. The molecule has 5 rings (SSSR count). The maximum atomic E-state index is 14.6. The van der Waals surface area contributed by atoms with Crippen LogP contribution in [-0.2, 0) is 0 Å². The lowest BCUT2D eigenvalue weighted by atomic mass is 9.81. The van der Waals surface area contributed by atoms with Gasteiger partial charge in [0.15, 0.2) is 5.78 Å². The van der Waals surface area contributed by atoms with Crippen molar-refractivity contribution in [1.29, 1.82) is 0 Å². The third-order valence-corrected chi connectivity index (χ3v) is 6.77. The number of fused-ring (bicyclic) bond motifs is 1. The van der Waals surface area contributed by atoms with Crippen molar-refractivity contribution in [3.63, 3.8) is 0 Å². The smallest absolute Gasteiger partial charge is 0.181 e. The van der Waals surface area contributed by atoms with Crippen LogP contribution in [0.5, 0.6) is 23.0 Å². The van der Waals surface area contributed by atoms with Crippen LogP contribution >= 0.6 is 0 Å². The molecule has 2 aliphatic heterocycles. The fourth-order valence-corrected chi connectivity index (χ4v) is 4.94. The van der Waals surface area contributed by atoms with E-state index in [1.165, 1.54) is 24.6 Å². The molecule has 0 aromatic heterocycles. The van der Waals surface area contributed by atoms with Crippen molar-refractivity contribution in [2.75, 3.05) is 26.2 Å². The van der Waals surface area contributed by atoms with E-state index in [-0.39, 0.29) is 22.8 Å². The van der Waals surface area contributed by atoms with Gasteiger partial charge in [0.2, 0.25) is 0 Å². The lowest BCUT2D eigenvalue weighted by molar-refractivity contribution is 0.0773. The van der Waals surface area contributed by atoms with Crippen LogP contribution in [0.2, 0.25) is 0 Å². The highest BCUT2D eigenvalue weighted by atomic mass is 19.1. The molecular formula is C28H28FNO5. The molecule has 2 aliphatic rings. The van der Waals surface area contributed by atoms with Gasteiger partial charge < -0.3 is 19.7 Å². The molecule has 6 nitrogen and oxygen atoms in total. The van der Waals surface area contributed by atoms with Crippen molar-refractivity contribution in [1.82, 2.24) is 4.90 Å². The van der Waals surface area contributed by atoms with Crippen molar-refractivity contribution >= 4 is 5.78 Å². The minimum Gasteiger partial charge on any atom is -0.508 e. The van der Waals surface area contributed by atoms with E-state index in [9.17, 15) is 19.4 Å². The molecule has 0 radical (unpaired) electrons. The zero-order chi connectivity index (χ0) is 24.5. The number of hydrogen-bond donors (Lipinski definition) is 2. The van der Waals surface area contributed by atoms with Crippen LogP contribution in [0.25, 0.3) is 0 Å². The van der Waals surface area contributed by atoms with Gasteiger partial charge in [-0.25, -0.2) is 4.39 Å². The first kappa shape index (κ1) is 23.2. The Balaban J connectivity index is 1.39. The van der Waals surface area contributed by atoms with Crippen molar-refractivity contribution < 1.29 is 28.9 Å². The van der Waals surface area contributed by atoms with Gasteiger partial charge in [-0.05, 0) is 54.3 Å². The van der Waals surface area contributed by atoms with Gasteiger partial charge in [0.05, 0.1) is 11.5 Å². The number of ether oxygens (including phenoxy) is 2. The summed E-state index contributed by atoms with van der Waals surface area (Å²) >= 11 is 0. The molecule has 0 bridgehead atoms. The summed E-state index contributed by atoms with van der Waals surface area (Å²) in [7, 11) is 0. The molecule has 7 heteroatoms. The third kappa shape index (κ3) is 4.82. The molecule has 2 heterocycles. The minimum absolute atomic E-state index is 0.00713. The second-order valence-electron chi connectivity index (χ2n) is 9.38. The molecule has 1 fully saturated rings. The Labute approximate surface area is 203 Å². The van der Waals surface area contributed by atoms with Gasteiger partial charge in [0.25, 0.3) is 0 Å². The number of rotatable bonds is 6. The molecule has 2 N–H and O–H groups in total. The Morgan fingerprint density at radius 1 is 1.03 bits per heavy atom. The fraction of sp³-hybridized carbons (Fsp3) is 0.321. The summed E-state index contributed by atoms with van der Waals surface area (Å²) in [5.74, 6) is -0.896. The minimum atomic E-state index is -0.830. The van der Waals surface area contributed by atoms with E-state index < -0.39 is 23.6 Å². The van der Waals surface area contributed by atoms with E-state index in [1.54, 1.807) is 12.1 Å². The number of phenols is 2. The summed E-state index contributed by atoms with van der Waals surface area (Å²) in [5.41, 5.74) is 1.12. The molecule has 35 heavy (non-hydrogen) atoms. The number of carbonyl (C=O) groups excluding carboxylic acids is 1. The normalized spacial score (nSPS) is 22.0. The summed E-state index contributed by atoms with van der Waals surface area (Å²) in [5, 5.41) is 19.6. The Kier molecular flexibility index (Phi) is 6.34. The van der Waals surface area contributed by atoms with E-state index in [4.69, 9.17) is 9.47 Å². The number of likely N-dealkylation sites (tertiary alicyclic amines) is 1. The Bertz CT molecular complexity index is 1210. The van der Waals surface area contributed by atoms with Crippen molar-refractivity contribution in [3.8, 4) is 23.0 Å². The lowest BCUT2D eigenvalue weighted by Crippen LogP contribution is -2.30. The number of phenolic OH excluding ortho intramolecular Hbond substituents is 2. The molecule has 1 saturated heterocycles. The lowest BCUT2D eigenvalue weighted by Gasteiger charge is -2.33. The predicted octanol–water partition coefficient (Wildman–Crippen LogP) is 5.06. The van der Waals surface area contributed by atoms with E-state index >= 15 is 0 Å². The van der Waals surface area contributed by atoms with E-state index in [2.05, 4.69) is 11.8 Å². The van der Waals surface area contributed by atoms with Crippen LogP contribution in [0.4, 0.5) is 4.39 Å². The van der Waals surface area contributed by atoms with Crippen LogP contribution < -0.4 is 9.47 Å². The van der Waals surface area contributed by atoms with E-state index in [0.29, 0.717) is 23.5 Å². The quantitative estimate of drug-likeness (QED) is 0.517. The molecule has 3 aromatic carbocycles. The highest BCUT2D eigenvalue weighted by molar-refractivity contribution is 6.05. The van der Waals surface area contributed by atoms with Gasteiger partial charge in [-0.3, -0.25) is 9.69 Å². The molecule has 0 amide bonds. The monoisotopic (exact) mass is 477 g/mol. The summed E-state index contributed by atoms with van der Waals surface area (Å²) in [6.07, 6.45) is 0.475. The number of ketones is 1. The highest BCUT2D eigenvalue weighted by Gasteiger charge is 2.41. The summed E-state index contributed by atoms with van der Waals surface area (Å²) in [6.45, 7) is 5.93. The van der Waals surface area contributed by atoms with Gasteiger partial charge in [-0.15, -0.1) is 0 Å². The first-order valence-electron chi connectivity index (χ1n) is 11.9. The standard InChI is InChI=1S/C28H28FNO5/c1-17-10-11-30(16-17)12-13-34-22-8-4-19(5-9-22)28-25(18-2-6-20(31)7-3-18)27(33)26-23(29)14-21(32)15-24(26)35-28/h2-9,14-15,17,25,28,31-32H,10-13,16H2,1H3/t17-,25?,28?/m1/s1. The third-order valence-electron chi connectivity index (χ3n) is 6.77. The van der Waals surface area contributed by atoms with E-state index in [1.807, 2.05) is 24.3 Å². The zero-order valence-corrected chi connectivity index (χ0v) is 19.5. The predicted molar refractivity (Wildman–Crippen MR) is 129 cm³/mol. The van der Waals surface area contributed by atoms with Crippen molar-refractivity contribution in [3.05, 3.63) is 83.2 Å². The van der Waals surface area contributed by atoms with Crippen LogP contribution in [-0.4, -0.2) is 47.1 Å². The number of hydrogen-bond acceptors (Lipinski definition) is 6. The number of carbonyl (C=O) groups is 1.